The number of nitrogen functional groups attached to an aromatic ring is 1. The summed E-state index contributed by atoms with van der Waals surface area (Å²) in [5.74, 6) is 0.369. The molecule has 0 aliphatic rings. The summed E-state index contributed by atoms with van der Waals surface area (Å²) in [5.41, 5.74) is 6.44. The van der Waals surface area contributed by atoms with Crippen molar-refractivity contribution >= 4 is 11.7 Å². The molecule has 19 heavy (non-hydrogen) atoms. The Morgan fingerprint density at radius 1 is 1.16 bits per heavy atom. The highest BCUT2D eigenvalue weighted by Crippen LogP contribution is 2.34. The van der Waals surface area contributed by atoms with Gasteiger partial charge in [-0.15, -0.1) is 0 Å². The first-order valence-corrected chi connectivity index (χ1v) is 6.40. The number of ether oxygens (including phenoxy) is 3. The van der Waals surface area contributed by atoms with Gasteiger partial charge in [-0.25, -0.2) is 4.79 Å². The standard InChI is InChI=1S/C14H21NO4/c1-5-17-10-7-8-11(18-6-2)13(15)12(10)14(16)19-9(3)4/h7-9H,5-6,15H2,1-4H3. The quantitative estimate of drug-likeness (QED) is 0.633. The van der Waals surface area contributed by atoms with Crippen LogP contribution in [0.5, 0.6) is 11.5 Å². The van der Waals surface area contributed by atoms with Crippen LogP contribution in [0.2, 0.25) is 0 Å². The van der Waals surface area contributed by atoms with Gasteiger partial charge in [-0.3, -0.25) is 0 Å². The van der Waals surface area contributed by atoms with E-state index in [0.29, 0.717) is 24.7 Å². The van der Waals surface area contributed by atoms with Crippen LogP contribution < -0.4 is 15.2 Å². The van der Waals surface area contributed by atoms with Gasteiger partial charge in [0, 0.05) is 0 Å². The summed E-state index contributed by atoms with van der Waals surface area (Å²) in [5, 5.41) is 0. The number of nitrogens with two attached hydrogens (primary N) is 1. The molecule has 0 atom stereocenters. The molecule has 0 heterocycles. The number of carbonyl (C=O) groups excluding carboxylic acids is 1. The van der Waals surface area contributed by atoms with E-state index in [4.69, 9.17) is 19.9 Å². The monoisotopic (exact) mass is 267 g/mol. The van der Waals surface area contributed by atoms with Crippen LogP contribution in [0.1, 0.15) is 38.1 Å². The van der Waals surface area contributed by atoms with E-state index in [-0.39, 0.29) is 17.4 Å². The van der Waals surface area contributed by atoms with E-state index in [0.717, 1.165) is 0 Å². The number of esters is 1. The average molecular weight is 267 g/mol. The Balaban J connectivity index is 3.21. The van der Waals surface area contributed by atoms with Crippen LogP contribution in [-0.2, 0) is 4.74 Å². The van der Waals surface area contributed by atoms with Crippen molar-refractivity contribution in [1.82, 2.24) is 0 Å². The molecular weight excluding hydrogens is 246 g/mol. The van der Waals surface area contributed by atoms with E-state index < -0.39 is 5.97 Å². The van der Waals surface area contributed by atoms with Crippen molar-refractivity contribution in [2.24, 2.45) is 0 Å². The van der Waals surface area contributed by atoms with Gasteiger partial charge in [0.2, 0.25) is 0 Å². The molecule has 1 aromatic carbocycles. The zero-order chi connectivity index (χ0) is 14.4. The molecule has 0 aromatic heterocycles. The second kappa shape index (κ2) is 6.87. The predicted molar refractivity (Wildman–Crippen MR) is 73.7 cm³/mol. The van der Waals surface area contributed by atoms with E-state index >= 15 is 0 Å². The van der Waals surface area contributed by atoms with Crippen molar-refractivity contribution in [2.75, 3.05) is 18.9 Å². The lowest BCUT2D eigenvalue weighted by Crippen LogP contribution is -2.16. The number of hydrogen-bond donors (Lipinski definition) is 1. The van der Waals surface area contributed by atoms with Gasteiger partial charge in [0.25, 0.3) is 0 Å². The minimum absolute atomic E-state index is 0.224. The number of anilines is 1. The fourth-order valence-corrected chi connectivity index (χ4v) is 1.62. The normalized spacial score (nSPS) is 10.4. The Kier molecular flexibility index (Phi) is 5.48. The topological polar surface area (TPSA) is 70.8 Å². The minimum Gasteiger partial charge on any atom is -0.493 e. The Bertz CT molecular complexity index is 443. The van der Waals surface area contributed by atoms with E-state index in [1.807, 2.05) is 13.8 Å². The van der Waals surface area contributed by atoms with Gasteiger partial charge in [0.1, 0.15) is 17.1 Å². The molecule has 0 aliphatic carbocycles. The molecular formula is C14H21NO4. The highest BCUT2D eigenvalue weighted by atomic mass is 16.5. The number of hydrogen-bond acceptors (Lipinski definition) is 5. The first kappa shape index (κ1) is 15.1. The van der Waals surface area contributed by atoms with Gasteiger partial charge in [-0.1, -0.05) is 0 Å². The maximum atomic E-state index is 12.1. The zero-order valence-corrected chi connectivity index (χ0v) is 11.9. The molecule has 1 rings (SSSR count). The predicted octanol–water partition coefficient (Wildman–Crippen LogP) is 2.63. The smallest absolute Gasteiger partial charge is 0.344 e. The van der Waals surface area contributed by atoms with Crippen molar-refractivity contribution in [2.45, 2.75) is 33.8 Å². The Hall–Kier alpha value is -1.91. The van der Waals surface area contributed by atoms with Crippen molar-refractivity contribution < 1.29 is 19.0 Å². The zero-order valence-electron chi connectivity index (χ0n) is 11.9. The summed E-state index contributed by atoms with van der Waals surface area (Å²) in [6, 6.07) is 3.36. The highest BCUT2D eigenvalue weighted by Gasteiger charge is 2.22. The number of carbonyl (C=O) groups is 1. The summed E-state index contributed by atoms with van der Waals surface area (Å²) < 4.78 is 16.0. The summed E-state index contributed by atoms with van der Waals surface area (Å²) >= 11 is 0. The third-order valence-corrected chi connectivity index (χ3v) is 2.31. The first-order chi connectivity index (χ1) is 9.01. The molecule has 2 N–H and O–H groups in total. The van der Waals surface area contributed by atoms with E-state index in [1.54, 1.807) is 26.0 Å². The Morgan fingerprint density at radius 2 is 1.68 bits per heavy atom. The molecule has 106 valence electrons. The SMILES string of the molecule is CCOc1ccc(OCC)c(C(=O)OC(C)C)c1N. The molecule has 1 aromatic rings. The third kappa shape index (κ3) is 3.77. The lowest BCUT2D eigenvalue weighted by Gasteiger charge is -2.16. The first-order valence-electron chi connectivity index (χ1n) is 6.40. The fraction of sp³-hybridized carbons (Fsp3) is 0.500. The highest BCUT2D eigenvalue weighted by molar-refractivity contribution is 5.99. The molecule has 0 spiro atoms. The number of rotatable bonds is 6. The molecule has 0 unspecified atom stereocenters. The minimum atomic E-state index is -0.502. The van der Waals surface area contributed by atoms with Gasteiger partial charge >= 0.3 is 5.97 Å². The van der Waals surface area contributed by atoms with Crippen LogP contribution in [-0.4, -0.2) is 25.3 Å². The van der Waals surface area contributed by atoms with Crippen LogP contribution >= 0.6 is 0 Å². The lowest BCUT2D eigenvalue weighted by molar-refractivity contribution is 0.0374. The maximum absolute atomic E-state index is 12.1. The molecule has 5 heteroatoms. The summed E-state index contributed by atoms with van der Waals surface area (Å²) in [6.45, 7) is 8.15. The summed E-state index contributed by atoms with van der Waals surface area (Å²) in [7, 11) is 0. The second-order valence-electron chi connectivity index (χ2n) is 4.17. The van der Waals surface area contributed by atoms with Crippen molar-refractivity contribution in [3.63, 3.8) is 0 Å². The molecule has 0 saturated carbocycles. The largest absolute Gasteiger partial charge is 0.493 e. The maximum Gasteiger partial charge on any atom is 0.344 e. The van der Waals surface area contributed by atoms with Crippen molar-refractivity contribution in [1.29, 1.82) is 0 Å². The lowest BCUT2D eigenvalue weighted by atomic mass is 10.1. The molecule has 0 radical (unpaired) electrons. The fourth-order valence-electron chi connectivity index (χ4n) is 1.62. The van der Waals surface area contributed by atoms with Gasteiger partial charge in [-0.05, 0) is 39.8 Å². The van der Waals surface area contributed by atoms with Crippen molar-refractivity contribution in [3.05, 3.63) is 17.7 Å². The van der Waals surface area contributed by atoms with Gasteiger partial charge in [0.15, 0.2) is 0 Å². The second-order valence-corrected chi connectivity index (χ2v) is 4.17. The molecule has 0 bridgehead atoms. The van der Waals surface area contributed by atoms with Crippen LogP contribution in [0, 0.1) is 0 Å². The van der Waals surface area contributed by atoms with E-state index in [2.05, 4.69) is 0 Å². The van der Waals surface area contributed by atoms with Crippen molar-refractivity contribution in [3.8, 4) is 11.5 Å². The van der Waals surface area contributed by atoms with Crippen LogP contribution in [0.3, 0.4) is 0 Å². The molecule has 0 fully saturated rings. The van der Waals surface area contributed by atoms with Gasteiger partial charge in [-0.2, -0.15) is 0 Å². The molecule has 0 amide bonds. The molecule has 0 saturated heterocycles. The molecule has 0 aliphatic heterocycles. The third-order valence-electron chi connectivity index (χ3n) is 2.31. The Morgan fingerprint density at radius 3 is 2.21 bits per heavy atom. The van der Waals surface area contributed by atoms with Crippen LogP contribution in [0.25, 0.3) is 0 Å². The van der Waals surface area contributed by atoms with Crippen LogP contribution in [0.4, 0.5) is 5.69 Å². The summed E-state index contributed by atoms with van der Waals surface area (Å²) in [6.07, 6.45) is -0.225. The summed E-state index contributed by atoms with van der Waals surface area (Å²) in [4.78, 5) is 12.1. The van der Waals surface area contributed by atoms with E-state index in [1.165, 1.54) is 0 Å². The van der Waals surface area contributed by atoms with Gasteiger partial charge in [0.05, 0.1) is 25.0 Å². The van der Waals surface area contributed by atoms with E-state index in [9.17, 15) is 4.79 Å². The molecule has 5 nitrogen and oxygen atoms in total. The number of benzene rings is 1. The van der Waals surface area contributed by atoms with Crippen LogP contribution in [0.15, 0.2) is 12.1 Å². The van der Waals surface area contributed by atoms with Gasteiger partial charge < -0.3 is 19.9 Å². The Labute approximate surface area is 113 Å². The average Bonchev–Trinajstić information content (AvgIpc) is 2.32.